The summed E-state index contributed by atoms with van der Waals surface area (Å²) >= 11 is 6.09. The molecule has 2 nitrogen and oxygen atoms in total. The Kier molecular flexibility index (Phi) is 4.63. The second-order valence-electron chi connectivity index (χ2n) is 4.75. The van der Waals surface area contributed by atoms with Gasteiger partial charge in [-0.25, -0.2) is 4.39 Å². The Morgan fingerprint density at radius 1 is 1.30 bits per heavy atom. The van der Waals surface area contributed by atoms with Gasteiger partial charge in [0.05, 0.1) is 7.11 Å². The molecule has 0 spiro atoms. The molecule has 0 heterocycles. The van der Waals surface area contributed by atoms with E-state index in [1.807, 2.05) is 25.1 Å². The van der Waals surface area contributed by atoms with Gasteiger partial charge < -0.3 is 10.5 Å². The topological polar surface area (TPSA) is 35.2 Å². The van der Waals surface area contributed by atoms with Crippen LogP contribution in [0.15, 0.2) is 36.4 Å². The van der Waals surface area contributed by atoms with Crippen molar-refractivity contribution >= 4 is 11.6 Å². The molecule has 0 aliphatic heterocycles. The second-order valence-corrected chi connectivity index (χ2v) is 5.16. The lowest BCUT2D eigenvalue weighted by atomic mass is 9.98. The van der Waals surface area contributed by atoms with Gasteiger partial charge in [0.1, 0.15) is 0 Å². The van der Waals surface area contributed by atoms with Crippen molar-refractivity contribution in [2.24, 2.45) is 5.73 Å². The summed E-state index contributed by atoms with van der Waals surface area (Å²) in [5.74, 6) is -0.125. The molecule has 2 aromatic carbocycles. The lowest BCUT2D eigenvalue weighted by Crippen LogP contribution is -2.14. The molecule has 4 heteroatoms. The molecule has 0 saturated carbocycles. The molecule has 106 valence electrons. The van der Waals surface area contributed by atoms with E-state index in [2.05, 4.69) is 0 Å². The van der Waals surface area contributed by atoms with Crippen LogP contribution in [-0.2, 0) is 6.42 Å². The number of benzene rings is 2. The van der Waals surface area contributed by atoms with Crippen LogP contribution in [0.3, 0.4) is 0 Å². The van der Waals surface area contributed by atoms with Crippen LogP contribution in [0.2, 0.25) is 5.02 Å². The summed E-state index contributed by atoms with van der Waals surface area (Å²) in [5, 5.41) is 0.670. The van der Waals surface area contributed by atoms with Crippen molar-refractivity contribution in [2.45, 2.75) is 19.4 Å². The molecule has 0 aliphatic rings. The molecule has 1 unspecified atom stereocenters. The summed E-state index contributed by atoms with van der Waals surface area (Å²) in [4.78, 5) is 0. The van der Waals surface area contributed by atoms with Gasteiger partial charge in [0.2, 0.25) is 0 Å². The monoisotopic (exact) mass is 293 g/mol. The quantitative estimate of drug-likeness (QED) is 0.923. The standard InChI is InChI=1S/C16H17ClFNO/c1-10-6-7-11(8-13(10)17)14(19)9-12-4-3-5-15(20-2)16(12)18/h3-8,14H,9,19H2,1-2H3. The van der Waals surface area contributed by atoms with Gasteiger partial charge >= 0.3 is 0 Å². The summed E-state index contributed by atoms with van der Waals surface area (Å²) in [6.07, 6.45) is 0.391. The summed E-state index contributed by atoms with van der Waals surface area (Å²) in [5.41, 5.74) is 8.56. The van der Waals surface area contributed by atoms with Crippen molar-refractivity contribution in [3.8, 4) is 5.75 Å². The Hall–Kier alpha value is -1.58. The number of hydrogen-bond acceptors (Lipinski definition) is 2. The molecule has 20 heavy (non-hydrogen) atoms. The number of methoxy groups -OCH3 is 1. The van der Waals surface area contributed by atoms with Gasteiger partial charge in [-0.05, 0) is 42.2 Å². The highest BCUT2D eigenvalue weighted by Crippen LogP contribution is 2.26. The fourth-order valence-electron chi connectivity index (χ4n) is 2.07. The molecular weight excluding hydrogens is 277 g/mol. The summed E-state index contributed by atoms with van der Waals surface area (Å²) in [6, 6.07) is 10.4. The van der Waals surface area contributed by atoms with Crippen LogP contribution >= 0.6 is 11.6 Å². The van der Waals surface area contributed by atoms with E-state index in [0.29, 0.717) is 17.0 Å². The van der Waals surface area contributed by atoms with E-state index < -0.39 is 0 Å². The first-order valence-corrected chi connectivity index (χ1v) is 6.73. The highest BCUT2D eigenvalue weighted by atomic mass is 35.5. The number of rotatable bonds is 4. The average molecular weight is 294 g/mol. The van der Waals surface area contributed by atoms with E-state index in [9.17, 15) is 4.39 Å². The second kappa shape index (κ2) is 6.25. The van der Waals surface area contributed by atoms with Crippen molar-refractivity contribution in [1.82, 2.24) is 0 Å². The fourth-order valence-corrected chi connectivity index (χ4v) is 2.26. The Morgan fingerprint density at radius 3 is 2.70 bits per heavy atom. The van der Waals surface area contributed by atoms with Gasteiger partial charge in [0.25, 0.3) is 0 Å². The Morgan fingerprint density at radius 2 is 2.05 bits per heavy atom. The van der Waals surface area contributed by atoms with Gasteiger partial charge in [-0.3, -0.25) is 0 Å². The van der Waals surface area contributed by atoms with Crippen molar-refractivity contribution in [1.29, 1.82) is 0 Å². The minimum atomic E-state index is -0.358. The van der Waals surface area contributed by atoms with Crippen molar-refractivity contribution in [3.63, 3.8) is 0 Å². The van der Waals surface area contributed by atoms with Crippen LogP contribution in [0, 0.1) is 12.7 Å². The van der Waals surface area contributed by atoms with Gasteiger partial charge in [0, 0.05) is 11.1 Å². The molecule has 0 radical (unpaired) electrons. The minimum Gasteiger partial charge on any atom is -0.494 e. The maximum absolute atomic E-state index is 14.1. The zero-order valence-corrected chi connectivity index (χ0v) is 12.2. The van der Waals surface area contributed by atoms with Gasteiger partial charge in [-0.2, -0.15) is 0 Å². The lowest BCUT2D eigenvalue weighted by Gasteiger charge is -2.15. The van der Waals surface area contributed by atoms with E-state index in [-0.39, 0.29) is 17.6 Å². The van der Waals surface area contributed by atoms with Crippen LogP contribution in [0.25, 0.3) is 0 Å². The van der Waals surface area contributed by atoms with Crippen molar-refractivity contribution in [3.05, 3.63) is 63.9 Å². The van der Waals surface area contributed by atoms with Crippen molar-refractivity contribution in [2.75, 3.05) is 7.11 Å². The smallest absolute Gasteiger partial charge is 0.168 e. The highest BCUT2D eigenvalue weighted by molar-refractivity contribution is 6.31. The molecule has 2 N–H and O–H groups in total. The van der Waals surface area contributed by atoms with Gasteiger partial charge in [-0.15, -0.1) is 0 Å². The molecule has 0 fully saturated rings. The zero-order chi connectivity index (χ0) is 14.7. The molecule has 0 aliphatic carbocycles. The maximum Gasteiger partial charge on any atom is 0.168 e. The Balaban J connectivity index is 2.23. The van der Waals surface area contributed by atoms with Crippen molar-refractivity contribution < 1.29 is 9.13 Å². The third-order valence-electron chi connectivity index (χ3n) is 3.33. The number of halogens is 2. The average Bonchev–Trinajstić information content (AvgIpc) is 2.44. The summed E-state index contributed by atoms with van der Waals surface area (Å²) < 4.78 is 19.1. The first kappa shape index (κ1) is 14.8. The molecule has 0 bridgehead atoms. The SMILES string of the molecule is COc1cccc(CC(N)c2ccc(C)c(Cl)c2)c1F. The predicted octanol–water partition coefficient (Wildman–Crippen LogP) is 4.04. The lowest BCUT2D eigenvalue weighted by molar-refractivity contribution is 0.383. The first-order chi connectivity index (χ1) is 9.52. The molecule has 0 aromatic heterocycles. The maximum atomic E-state index is 14.1. The fraction of sp³-hybridized carbons (Fsp3) is 0.250. The van der Waals surface area contributed by atoms with Crippen LogP contribution < -0.4 is 10.5 Å². The summed E-state index contributed by atoms with van der Waals surface area (Å²) in [6.45, 7) is 1.93. The van der Waals surface area contributed by atoms with E-state index in [1.54, 1.807) is 18.2 Å². The van der Waals surface area contributed by atoms with Crippen LogP contribution in [0.5, 0.6) is 5.75 Å². The first-order valence-electron chi connectivity index (χ1n) is 6.36. The molecule has 2 aromatic rings. The minimum absolute atomic E-state index is 0.233. The van der Waals surface area contributed by atoms with Gasteiger partial charge in [0.15, 0.2) is 11.6 Å². The molecule has 0 saturated heterocycles. The molecule has 1 atom stereocenters. The van der Waals surface area contributed by atoms with E-state index in [0.717, 1.165) is 11.1 Å². The normalized spacial score (nSPS) is 12.2. The van der Waals surface area contributed by atoms with E-state index >= 15 is 0 Å². The molecule has 2 rings (SSSR count). The Bertz CT molecular complexity index is 615. The molecular formula is C16H17ClFNO. The summed E-state index contributed by atoms with van der Waals surface area (Å²) in [7, 11) is 1.45. The number of hydrogen-bond donors (Lipinski definition) is 1. The van der Waals surface area contributed by atoms with Crippen LogP contribution in [-0.4, -0.2) is 7.11 Å². The van der Waals surface area contributed by atoms with E-state index in [4.69, 9.17) is 22.1 Å². The van der Waals surface area contributed by atoms with Crippen LogP contribution in [0.1, 0.15) is 22.7 Å². The third-order valence-corrected chi connectivity index (χ3v) is 3.73. The number of ether oxygens (including phenoxy) is 1. The Labute approximate surface area is 123 Å². The van der Waals surface area contributed by atoms with Gasteiger partial charge in [-0.1, -0.05) is 35.9 Å². The third kappa shape index (κ3) is 3.11. The largest absolute Gasteiger partial charge is 0.494 e. The number of nitrogens with two attached hydrogens (primary N) is 1. The van der Waals surface area contributed by atoms with E-state index in [1.165, 1.54) is 7.11 Å². The number of aryl methyl sites for hydroxylation is 1. The van der Waals surface area contributed by atoms with Crippen LogP contribution in [0.4, 0.5) is 4.39 Å². The predicted molar refractivity (Wildman–Crippen MR) is 79.8 cm³/mol. The highest BCUT2D eigenvalue weighted by Gasteiger charge is 2.14. The zero-order valence-electron chi connectivity index (χ0n) is 11.5. The molecule has 0 amide bonds.